The van der Waals surface area contributed by atoms with Crippen molar-refractivity contribution in [2.24, 2.45) is 0 Å². The van der Waals surface area contributed by atoms with E-state index in [0.717, 1.165) is 22.5 Å². The lowest BCUT2D eigenvalue weighted by atomic mass is 9.88. The first-order valence-corrected chi connectivity index (χ1v) is 8.64. The summed E-state index contributed by atoms with van der Waals surface area (Å²) in [5.41, 5.74) is 5.24. The summed E-state index contributed by atoms with van der Waals surface area (Å²) in [5, 5.41) is 12.1. The molecule has 3 heterocycles. The highest BCUT2D eigenvalue weighted by Crippen LogP contribution is 2.44. The average Bonchev–Trinajstić information content (AvgIpc) is 3.30. The molecule has 0 fully saturated rings. The summed E-state index contributed by atoms with van der Waals surface area (Å²) in [6.07, 6.45) is 0.335. The SMILES string of the molecule is COc1ccc(-c2[nH]nc3c2C(c2cscn2)CC(=O)N3)c(OC)c1. The quantitative estimate of drug-likeness (QED) is 0.750. The van der Waals surface area contributed by atoms with Gasteiger partial charge in [-0.1, -0.05) is 0 Å². The number of H-pyrrole nitrogens is 1. The summed E-state index contributed by atoms with van der Waals surface area (Å²) in [6, 6.07) is 5.60. The lowest BCUT2D eigenvalue weighted by Crippen LogP contribution is -2.23. The van der Waals surface area contributed by atoms with E-state index < -0.39 is 0 Å². The standard InChI is InChI=1S/C17H16N4O3S/c1-23-9-3-4-10(13(5-9)24-2)16-15-11(12-7-25-8-18-12)6-14(22)19-17(15)21-20-16/h3-5,7-8,11H,6H2,1-2H3,(H2,19,20,21,22). The summed E-state index contributed by atoms with van der Waals surface area (Å²) in [4.78, 5) is 16.5. The molecule has 2 aromatic heterocycles. The van der Waals surface area contributed by atoms with Crippen molar-refractivity contribution in [2.75, 3.05) is 19.5 Å². The van der Waals surface area contributed by atoms with E-state index in [0.29, 0.717) is 23.7 Å². The van der Waals surface area contributed by atoms with E-state index in [1.54, 1.807) is 19.7 Å². The van der Waals surface area contributed by atoms with Gasteiger partial charge in [0.1, 0.15) is 11.5 Å². The fraction of sp³-hybridized carbons (Fsp3) is 0.235. The molecule has 1 aliphatic heterocycles. The summed E-state index contributed by atoms with van der Waals surface area (Å²) in [6.45, 7) is 0. The number of nitrogens with zero attached hydrogens (tertiary/aromatic N) is 2. The van der Waals surface area contributed by atoms with Crippen molar-refractivity contribution in [3.8, 4) is 22.8 Å². The van der Waals surface area contributed by atoms with Gasteiger partial charge in [0.2, 0.25) is 5.91 Å². The van der Waals surface area contributed by atoms with Crippen LogP contribution >= 0.6 is 11.3 Å². The van der Waals surface area contributed by atoms with E-state index in [1.165, 1.54) is 11.3 Å². The number of ether oxygens (including phenoxy) is 2. The normalized spacial score (nSPS) is 16.2. The van der Waals surface area contributed by atoms with Crippen LogP contribution in [0.2, 0.25) is 0 Å². The molecule has 3 aromatic rings. The summed E-state index contributed by atoms with van der Waals surface area (Å²) in [5.74, 6) is 1.71. The number of benzene rings is 1. The van der Waals surface area contributed by atoms with Crippen LogP contribution in [0, 0.1) is 0 Å². The molecular formula is C17H16N4O3S. The van der Waals surface area contributed by atoms with Gasteiger partial charge in [-0.2, -0.15) is 5.10 Å². The summed E-state index contributed by atoms with van der Waals surface area (Å²) < 4.78 is 10.8. The number of nitrogens with one attached hydrogen (secondary N) is 2. The molecule has 0 saturated heterocycles. The van der Waals surface area contributed by atoms with Crippen molar-refractivity contribution in [2.45, 2.75) is 12.3 Å². The van der Waals surface area contributed by atoms with Crippen LogP contribution in [-0.2, 0) is 4.79 Å². The monoisotopic (exact) mass is 356 g/mol. The van der Waals surface area contributed by atoms with Gasteiger partial charge in [-0.05, 0) is 12.1 Å². The number of rotatable bonds is 4. The molecule has 0 bridgehead atoms. The maximum absolute atomic E-state index is 12.1. The van der Waals surface area contributed by atoms with Gasteiger partial charge in [-0.15, -0.1) is 11.3 Å². The molecule has 1 aliphatic rings. The predicted molar refractivity (Wildman–Crippen MR) is 94.3 cm³/mol. The van der Waals surface area contributed by atoms with E-state index >= 15 is 0 Å². The number of hydrogen-bond acceptors (Lipinski definition) is 6. The molecule has 25 heavy (non-hydrogen) atoms. The van der Waals surface area contributed by atoms with Crippen molar-refractivity contribution in [3.05, 3.63) is 40.3 Å². The minimum atomic E-state index is -0.143. The Morgan fingerprint density at radius 1 is 1.28 bits per heavy atom. The van der Waals surface area contributed by atoms with Gasteiger partial charge in [0, 0.05) is 34.9 Å². The second-order valence-corrected chi connectivity index (χ2v) is 6.36. The zero-order chi connectivity index (χ0) is 17.4. The average molecular weight is 356 g/mol. The van der Waals surface area contributed by atoms with E-state index in [9.17, 15) is 4.79 Å². The van der Waals surface area contributed by atoms with Crippen LogP contribution in [0.5, 0.6) is 11.5 Å². The zero-order valence-electron chi connectivity index (χ0n) is 13.7. The number of aromatic amines is 1. The molecule has 128 valence electrons. The molecule has 0 saturated carbocycles. The fourth-order valence-electron chi connectivity index (χ4n) is 3.11. The number of amides is 1. The van der Waals surface area contributed by atoms with Gasteiger partial charge in [0.15, 0.2) is 5.82 Å². The number of carbonyl (C=O) groups is 1. The Balaban J connectivity index is 1.88. The number of aromatic nitrogens is 3. The van der Waals surface area contributed by atoms with Gasteiger partial charge in [0.05, 0.1) is 31.1 Å². The first-order chi connectivity index (χ1) is 12.2. The molecule has 1 unspecified atom stereocenters. The molecule has 4 rings (SSSR count). The van der Waals surface area contributed by atoms with E-state index in [-0.39, 0.29) is 11.8 Å². The number of methoxy groups -OCH3 is 2. The Labute approximate surface area is 148 Å². The fourth-order valence-corrected chi connectivity index (χ4v) is 3.72. The Bertz CT molecular complexity index is 920. The largest absolute Gasteiger partial charge is 0.497 e. The van der Waals surface area contributed by atoms with Gasteiger partial charge >= 0.3 is 0 Å². The zero-order valence-corrected chi connectivity index (χ0v) is 14.5. The molecule has 1 aromatic carbocycles. The number of hydrogen-bond donors (Lipinski definition) is 2. The topological polar surface area (TPSA) is 89.1 Å². The number of carbonyl (C=O) groups excluding carboxylic acids is 1. The predicted octanol–water partition coefficient (Wildman–Crippen LogP) is 3.02. The number of fused-ring (bicyclic) bond motifs is 1. The highest BCUT2D eigenvalue weighted by Gasteiger charge is 2.33. The summed E-state index contributed by atoms with van der Waals surface area (Å²) in [7, 11) is 3.22. The first kappa shape index (κ1) is 15.6. The molecule has 2 N–H and O–H groups in total. The molecule has 1 atom stereocenters. The van der Waals surface area contributed by atoms with Crippen LogP contribution in [0.15, 0.2) is 29.1 Å². The van der Waals surface area contributed by atoms with Crippen LogP contribution in [-0.4, -0.2) is 35.3 Å². The van der Waals surface area contributed by atoms with Gasteiger partial charge in [-0.3, -0.25) is 9.89 Å². The Morgan fingerprint density at radius 3 is 2.88 bits per heavy atom. The maximum Gasteiger partial charge on any atom is 0.226 e. The number of anilines is 1. The smallest absolute Gasteiger partial charge is 0.226 e. The van der Waals surface area contributed by atoms with Crippen molar-refractivity contribution in [1.29, 1.82) is 0 Å². The van der Waals surface area contributed by atoms with Gasteiger partial charge in [-0.25, -0.2) is 4.98 Å². The van der Waals surface area contributed by atoms with E-state index in [1.807, 2.05) is 23.6 Å². The lowest BCUT2D eigenvalue weighted by Gasteiger charge is -2.22. The van der Waals surface area contributed by atoms with Crippen LogP contribution in [0.3, 0.4) is 0 Å². The third kappa shape index (κ3) is 2.64. The van der Waals surface area contributed by atoms with Crippen molar-refractivity contribution in [1.82, 2.24) is 15.2 Å². The molecule has 7 nitrogen and oxygen atoms in total. The van der Waals surface area contributed by atoms with Crippen LogP contribution in [0.25, 0.3) is 11.3 Å². The van der Waals surface area contributed by atoms with Crippen LogP contribution < -0.4 is 14.8 Å². The van der Waals surface area contributed by atoms with Gasteiger partial charge < -0.3 is 14.8 Å². The van der Waals surface area contributed by atoms with Crippen molar-refractivity contribution in [3.63, 3.8) is 0 Å². The van der Waals surface area contributed by atoms with Gasteiger partial charge in [0.25, 0.3) is 0 Å². The third-order valence-corrected chi connectivity index (χ3v) is 4.89. The lowest BCUT2D eigenvalue weighted by molar-refractivity contribution is -0.116. The molecule has 1 amide bonds. The molecule has 0 spiro atoms. The van der Waals surface area contributed by atoms with Crippen molar-refractivity contribution < 1.29 is 14.3 Å². The Hall–Kier alpha value is -2.87. The molecule has 0 aliphatic carbocycles. The highest BCUT2D eigenvalue weighted by molar-refractivity contribution is 7.07. The molecule has 8 heteroatoms. The maximum atomic E-state index is 12.1. The Morgan fingerprint density at radius 2 is 2.16 bits per heavy atom. The molecular weight excluding hydrogens is 340 g/mol. The highest BCUT2D eigenvalue weighted by atomic mass is 32.1. The minimum Gasteiger partial charge on any atom is -0.497 e. The Kier molecular flexibility index (Phi) is 3.89. The number of thiazole rings is 1. The summed E-state index contributed by atoms with van der Waals surface area (Å²) >= 11 is 1.51. The van der Waals surface area contributed by atoms with Crippen molar-refractivity contribution >= 4 is 23.1 Å². The van der Waals surface area contributed by atoms with Crippen LogP contribution in [0.1, 0.15) is 23.6 Å². The third-order valence-electron chi connectivity index (χ3n) is 4.29. The molecule has 0 radical (unpaired) electrons. The van der Waals surface area contributed by atoms with E-state index in [4.69, 9.17) is 9.47 Å². The first-order valence-electron chi connectivity index (χ1n) is 7.70. The van der Waals surface area contributed by atoms with E-state index in [2.05, 4.69) is 20.5 Å². The second kappa shape index (κ2) is 6.21. The minimum absolute atomic E-state index is 0.0646. The van der Waals surface area contributed by atoms with Crippen LogP contribution in [0.4, 0.5) is 5.82 Å². The second-order valence-electron chi connectivity index (χ2n) is 5.65.